The molecule has 1 saturated heterocycles. The normalized spacial score (nSPS) is 14.0. The predicted octanol–water partition coefficient (Wildman–Crippen LogP) is 2.82. The quantitative estimate of drug-likeness (QED) is 0.173. The molecule has 0 bridgehead atoms. The van der Waals surface area contributed by atoms with Gasteiger partial charge >= 0.3 is 5.97 Å². The van der Waals surface area contributed by atoms with Crippen molar-refractivity contribution in [3.63, 3.8) is 0 Å². The van der Waals surface area contributed by atoms with Gasteiger partial charge in [0.15, 0.2) is 0 Å². The minimum absolute atomic E-state index is 0.0255. The Balaban J connectivity index is 1.49. The maximum Gasteiger partial charge on any atom is 0.337 e. The minimum Gasteiger partial charge on any atom is -0.465 e. The van der Waals surface area contributed by atoms with Crippen LogP contribution in [0.4, 0.5) is 5.69 Å². The Morgan fingerprint density at radius 1 is 1.14 bits per heavy atom. The fraction of sp³-hybridized carbons (Fsp3) is 0.174. The number of nitro benzene ring substituents is 1. The Hall–Kier alpha value is -4.10. The molecule has 0 unspecified atom stereocenters. The number of methoxy groups -OCH3 is 1. The maximum atomic E-state index is 12.7. The molecule has 0 saturated carbocycles. The number of para-hydroxylation sites is 1. The monoisotopic (exact) mass is 528 g/mol. The summed E-state index contributed by atoms with van der Waals surface area (Å²) in [6.07, 6.45) is 1.90. The van der Waals surface area contributed by atoms with Gasteiger partial charge in [0.2, 0.25) is 5.91 Å². The number of hydrogen-bond acceptors (Lipinski definition) is 9. The van der Waals surface area contributed by atoms with Crippen molar-refractivity contribution in [2.45, 2.75) is 12.8 Å². The van der Waals surface area contributed by atoms with Gasteiger partial charge in [0.25, 0.3) is 17.5 Å². The molecule has 0 aliphatic carbocycles. The molecule has 2 N–H and O–H groups in total. The van der Waals surface area contributed by atoms with Crippen LogP contribution in [-0.4, -0.2) is 51.5 Å². The molecule has 0 spiro atoms. The number of ether oxygens (including phenoxy) is 1. The third-order valence-electron chi connectivity index (χ3n) is 4.95. The first-order valence-electron chi connectivity index (χ1n) is 10.5. The first-order chi connectivity index (χ1) is 17.2. The molecule has 3 amide bonds. The number of rotatable bonds is 8. The van der Waals surface area contributed by atoms with Crippen LogP contribution in [0.15, 0.2) is 53.4 Å². The Morgan fingerprint density at radius 3 is 2.50 bits per heavy atom. The van der Waals surface area contributed by atoms with Crippen LogP contribution in [0.3, 0.4) is 0 Å². The van der Waals surface area contributed by atoms with Gasteiger partial charge in [-0.15, -0.1) is 0 Å². The van der Waals surface area contributed by atoms with Crippen LogP contribution in [0.5, 0.6) is 0 Å². The van der Waals surface area contributed by atoms with E-state index in [4.69, 9.17) is 12.2 Å². The van der Waals surface area contributed by atoms with Gasteiger partial charge in [0.05, 0.1) is 22.5 Å². The van der Waals surface area contributed by atoms with Gasteiger partial charge in [-0.25, -0.2) is 4.79 Å². The Kier molecular flexibility index (Phi) is 8.86. The van der Waals surface area contributed by atoms with Gasteiger partial charge in [-0.2, -0.15) is 0 Å². The highest BCUT2D eigenvalue weighted by Gasteiger charge is 2.31. The number of hydrazine groups is 1. The summed E-state index contributed by atoms with van der Waals surface area (Å²) in [5.41, 5.74) is 4.88. The van der Waals surface area contributed by atoms with Gasteiger partial charge in [0, 0.05) is 19.0 Å². The predicted molar refractivity (Wildman–Crippen MR) is 136 cm³/mol. The van der Waals surface area contributed by atoms with Crippen molar-refractivity contribution >= 4 is 63.8 Å². The number of carbonyl (C=O) groups is 4. The highest BCUT2D eigenvalue weighted by molar-refractivity contribution is 8.26. The van der Waals surface area contributed by atoms with E-state index in [0.717, 1.165) is 11.8 Å². The van der Waals surface area contributed by atoms with Crippen molar-refractivity contribution < 1.29 is 28.8 Å². The van der Waals surface area contributed by atoms with Crippen LogP contribution in [-0.2, 0) is 14.3 Å². The molecule has 0 radical (unpaired) electrons. The zero-order chi connectivity index (χ0) is 26.2. The lowest BCUT2D eigenvalue weighted by molar-refractivity contribution is -0.385. The third-order valence-corrected chi connectivity index (χ3v) is 6.33. The van der Waals surface area contributed by atoms with E-state index >= 15 is 0 Å². The Morgan fingerprint density at radius 2 is 1.83 bits per heavy atom. The molecule has 11 nitrogen and oxygen atoms in total. The first-order valence-corrected chi connectivity index (χ1v) is 11.7. The summed E-state index contributed by atoms with van der Waals surface area (Å²) >= 11 is 6.42. The van der Waals surface area contributed by atoms with E-state index in [9.17, 15) is 29.3 Å². The van der Waals surface area contributed by atoms with Crippen molar-refractivity contribution in [1.29, 1.82) is 0 Å². The first kappa shape index (κ1) is 26.5. The molecule has 2 aromatic rings. The second kappa shape index (κ2) is 12.0. The summed E-state index contributed by atoms with van der Waals surface area (Å²) in [5.74, 6) is -2.11. The molecule has 186 valence electrons. The average molecular weight is 529 g/mol. The van der Waals surface area contributed by atoms with Crippen LogP contribution in [0.2, 0.25) is 0 Å². The second-order valence-corrected chi connectivity index (χ2v) is 9.00. The molecule has 0 aromatic heterocycles. The smallest absolute Gasteiger partial charge is 0.337 e. The fourth-order valence-corrected chi connectivity index (χ4v) is 4.46. The molecule has 2 aromatic carbocycles. The topological polar surface area (TPSA) is 148 Å². The number of amides is 3. The summed E-state index contributed by atoms with van der Waals surface area (Å²) in [5, 5.41) is 11.0. The second-order valence-electron chi connectivity index (χ2n) is 7.33. The SMILES string of the molecule is COC(=O)c1ccc(/C=C2\SC(=S)N(CCCC(=O)NNC(=O)c3ccccc3[N+](=O)[O-])C2=O)cc1. The molecule has 36 heavy (non-hydrogen) atoms. The van der Waals surface area contributed by atoms with Crippen LogP contribution < -0.4 is 10.9 Å². The molecule has 3 rings (SSSR count). The summed E-state index contributed by atoms with van der Waals surface area (Å²) in [6, 6.07) is 11.9. The number of hydrogen-bond donors (Lipinski definition) is 2. The number of nitrogens with one attached hydrogen (secondary N) is 2. The van der Waals surface area contributed by atoms with E-state index in [1.165, 1.54) is 36.3 Å². The summed E-state index contributed by atoms with van der Waals surface area (Å²) < 4.78 is 5.01. The zero-order valence-electron chi connectivity index (χ0n) is 18.9. The van der Waals surface area contributed by atoms with Crippen molar-refractivity contribution in [3.05, 3.63) is 80.2 Å². The number of thiocarbonyl (C=S) groups is 1. The number of nitrogens with zero attached hydrogens (tertiary/aromatic N) is 2. The van der Waals surface area contributed by atoms with Crippen LogP contribution >= 0.6 is 24.0 Å². The number of carbonyl (C=O) groups excluding carboxylic acids is 4. The van der Waals surface area contributed by atoms with Crippen LogP contribution in [0.1, 0.15) is 39.1 Å². The number of thioether (sulfide) groups is 1. The highest BCUT2D eigenvalue weighted by atomic mass is 32.2. The molecule has 0 atom stereocenters. The standard InChI is InChI=1S/C23H20N4O7S2/c1-34-22(31)15-10-8-14(9-11-15)13-18-21(30)26(23(35)36-18)12-4-7-19(28)24-25-20(29)16-5-2-3-6-17(16)27(32)33/h2-3,5-6,8-11,13H,4,7,12H2,1H3,(H,24,28)(H,25,29)/b18-13-. The Bertz CT molecular complexity index is 1260. The van der Waals surface area contributed by atoms with Crippen molar-refractivity contribution in [3.8, 4) is 0 Å². The van der Waals surface area contributed by atoms with E-state index in [1.54, 1.807) is 30.3 Å². The molecule has 1 heterocycles. The third kappa shape index (κ3) is 6.52. The summed E-state index contributed by atoms with van der Waals surface area (Å²) in [6.45, 7) is 0.189. The molecule has 1 aliphatic heterocycles. The largest absolute Gasteiger partial charge is 0.465 e. The molecular weight excluding hydrogens is 508 g/mol. The molecule has 1 aliphatic rings. The van der Waals surface area contributed by atoms with Crippen LogP contribution in [0, 0.1) is 10.1 Å². The van der Waals surface area contributed by atoms with Gasteiger partial charge in [-0.3, -0.25) is 40.2 Å². The highest BCUT2D eigenvalue weighted by Crippen LogP contribution is 2.32. The Labute approximate surface area is 215 Å². The van der Waals surface area contributed by atoms with E-state index in [0.29, 0.717) is 20.4 Å². The average Bonchev–Trinajstić information content (AvgIpc) is 3.14. The van der Waals surface area contributed by atoms with E-state index in [1.807, 2.05) is 0 Å². The van der Waals surface area contributed by atoms with Gasteiger partial charge in [0.1, 0.15) is 9.88 Å². The maximum absolute atomic E-state index is 12.7. The molecule has 1 fully saturated rings. The molecule has 13 heteroatoms. The van der Waals surface area contributed by atoms with Crippen molar-refractivity contribution in [2.24, 2.45) is 0 Å². The summed E-state index contributed by atoms with van der Waals surface area (Å²) in [4.78, 5) is 60.7. The number of esters is 1. The van der Waals surface area contributed by atoms with Crippen LogP contribution in [0.25, 0.3) is 6.08 Å². The van der Waals surface area contributed by atoms with E-state index in [2.05, 4.69) is 15.6 Å². The molecular formula is C23H20N4O7S2. The van der Waals surface area contributed by atoms with Crippen molar-refractivity contribution in [1.82, 2.24) is 15.8 Å². The van der Waals surface area contributed by atoms with Gasteiger partial charge < -0.3 is 4.74 Å². The van der Waals surface area contributed by atoms with Gasteiger partial charge in [-0.05, 0) is 36.3 Å². The lowest BCUT2D eigenvalue weighted by atomic mass is 10.1. The van der Waals surface area contributed by atoms with Crippen molar-refractivity contribution in [2.75, 3.05) is 13.7 Å². The zero-order valence-corrected chi connectivity index (χ0v) is 20.5. The summed E-state index contributed by atoms with van der Waals surface area (Å²) in [7, 11) is 1.29. The number of nitro groups is 1. The lowest BCUT2D eigenvalue weighted by Gasteiger charge is -2.14. The minimum atomic E-state index is -0.822. The number of benzene rings is 2. The lowest BCUT2D eigenvalue weighted by Crippen LogP contribution is -2.42. The van der Waals surface area contributed by atoms with Gasteiger partial charge in [-0.1, -0.05) is 48.2 Å². The van der Waals surface area contributed by atoms with E-state index in [-0.39, 0.29) is 36.5 Å². The van der Waals surface area contributed by atoms with E-state index < -0.39 is 22.7 Å². The fourth-order valence-electron chi connectivity index (χ4n) is 3.16.